The summed E-state index contributed by atoms with van der Waals surface area (Å²) in [4.78, 5) is 46.3. The van der Waals surface area contributed by atoms with Gasteiger partial charge in [-0.3, -0.25) is 14.4 Å². The van der Waals surface area contributed by atoms with Crippen molar-refractivity contribution in [2.75, 3.05) is 26.3 Å². The third-order valence-electron chi connectivity index (χ3n) is 8.97. The number of aliphatic hydroxyl groups is 1. The van der Waals surface area contributed by atoms with Gasteiger partial charge in [-0.2, -0.15) is 0 Å². The lowest BCUT2D eigenvalue weighted by molar-refractivity contribution is -0.154. The molecule has 8 heteroatoms. The fraction of sp³-hybridized carbons (Fsp3) is 0.594. The van der Waals surface area contributed by atoms with Crippen molar-refractivity contribution in [1.29, 1.82) is 0 Å². The molecule has 2 fully saturated rings. The Hall–Kier alpha value is -2.58. The van der Waals surface area contributed by atoms with Crippen LogP contribution in [0.1, 0.15) is 57.9 Å². The average Bonchev–Trinajstić information content (AvgIpc) is 3.29. The minimum Gasteiger partial charge on any atom is -0.465 e. The number of allylic oxidation sites excluding steroid dienone is 1. The summed E-state index contributed by atoms with van der Waals surface area (Å²) < 4.78 is 4.13. The predicted molar refractivity (Wildman–Crippen MR) is 157 cm³/mol. The fourth-order valence-corrected chi connectivity index (χ4v) is 9.21. The van der Waals surface area contributed by atoms with E-state index in [0.29, 0.717) is 26.1 Å². The zero-order chi connectivity index (χ0) is 28.3. The molecule has 1 unspecified atom stereocenters. The van der Waals surface area contributed by atoms with Crippen LogP contribution in [0.4, 0.5) is 0 Å². The number of benzene rings is 1. The predicted octanol–water partition coefficient (Wildman–Crippen LogP) is 4.15. The Balaban J connectivity index is 1.61. The standard InChI is InChI=1S/C32H42N2O5S/c1-3-4-11-18-33-19-13-17-32-25(26-30(38)39-20-12-6-5-10-16-31(26,2)40-32)28(36)34(27(32)29(33)37)24(22-35)21-23-14-8-7-9-15-23/h7-10,13-17,24-27,35H,3-6,11-12,18-22H2,1-2H3/b16-10-/t24-,25+,26+,27?,31-,32+/m1/s1. The Kier molecular flexibility index (Phi) is 8.76. The van der Waals surface area contributed by atoms with Gasteiger partial charge in [-0.25, -0.2) is 0 Å². The maximum Gasteiger partial charge on any atom is 0.311 e. The first kappa shape index (κ1) is 28.9. The number of ether oxygens (including phenoxy) is 1. The second-order valence-corrected chi connectivity index (χ2v) is 13.5. The van der Waals surface area contributed by atoms with Gasteiger partial charge in [0.05, 0.1) is 35.8 Å². The first-order valence-electron chi connectivity index (χ1n) is 14.8. The van der Waals surface area contributed by atoms with Crippen molar-refractivity contribution < 1.29 is 24.2 Å². The van der Waals surface area contributed by atoms with Gasteiger partial charge in [0.15, 0.2) is 0 Å². The molecule has 4 heterocycles. The van der Waals surface area contributed by atoms with Gasteiger partial charge in [0.2, 0.25) is 11.8 Å². The molecule has 1 N–H and O–H groups in total. The summed E-state index contributed by atoms with van der Waals surface area (Å²) in [6, 6.07) is 8.35. The normalized spacial score (nSPS) is 33.6. The number of hydrogen-bond acceptors (Lipinski definition) is 6. The lowest BCUT2D eigenvalue weighted by Crippen LogP contribution is -2.57. The summed E-state index contributed by atoms with van der Waals surface area (Å²) in [6.07, 6.45) is 14.2. The molecule has 0 radical (unpaired) electrons. The molecule has 4 aliphatic rings. The van der Waals surface area contributed by atoms with E-state index in [4.69, 9.17) is 4.74 Å². The van der Waals surface area contributed by atoms with Gasteiger partial charge in [0.25, 0.3) is 0 Å². The highest BCUT2D eigenvalue weighted by Gasteiger charge is 2.74. The van der Waals surface area contributed by atoms with E-state index in [1.165, 1.54) is 0 Å². The number of likely N-dealkylation sites (tertiary alicyclic amines) is 1. The van der Waals surface area contributed by atoms with Crippen LogP contribution in [0, 0.1) is 11.8 Å². The van der Waals surface area contributed by atoms with Gasteiger partial charge in [0.1, 0.15) is 6.04 Å². The first-order valence-corrected chi connectivity index (χ1v) is 15.7. The highest BCUT2D eigenvalue weighted by Crippen LogP contribution is 2.65. The average molecular weight is 567 g/mol. The molecule has 1 aromatic carbocycles. The van der Waals surface area contributed by atoms with Gasteiger partial charge in [-0.15, -0.1) is 11.8 Å². The maximum atomic E-state index is 14.6. The zero-order valence-corrected chi connectivity index (χ0v) is 24.5. The van der Waals surface area contributed by atoms with Crippen LogP contribution in [0.3, 0.4) is 0 Å². The number of aliphatic hydroxyl groups excluding tert-OH is 1. The molecule has 0 aliphatic carbocycles. The van der Waals surface area contributed by atoms with Crippen molar-refractivity contribution in [2.45, 2.75) is 80.4 Å². The molecular weight excluding hydrogens is 524 g/mol. The topological polar surface area (TPSA) is 87.2 Å². The molecule has 6 atom stereocenters. The number of thioether (sulfide) groups is 1. The number of hydrogen-bond donors (Lipinski definition) is 1. The number of carbonyl (C=O) groups excluding carboxylic acids is 3. The van der Waals surface area contributed by atoms with Crippen LogP contribution < -0.4 is 0 Å². The first-order chi connectivity index (χ1) is 19.4. The highest BCUT2D eigenvalue weighted by molar-refractivity contribution is 8.02. The van der Waals surface area contributed by atoms with Gasteiger partial charge in [0, 0.05) is 17.8 Å². The van der Waals surface area contributed by atoms with Crippen molar-refractivity contribution in [3.05, 3.63) is 60.2 Å². The number of rotatable bonds is 8. The Morgan fingerprint density at radius 3 is 2.60 bits per heavy atom. The summed E-state index contributed by atoms with van der Waals surface area (Å²) in [7, 11) is 0. The van der Waals surface area contributed by atoms with E-state index in [1.807, 2.05) is 54.3 Å². The minimum atomic E-state index is -0.936. The third kappa shape index (κ3) is 5.13. The number of carbonyl (C=O) groups is 3. The van der Waals surface area contributed by atoms with Crippen LogP contribution in [0.5, 0.6) is 0 Å². The molecule has 4 aliphatic heterocycles. The molecule has 0 saturated carbocycles. The molecule has 0 bridgehead atoms. The summed E-state index contributed by atoms with van der Waals surface area (Å²) in [5.41, 5.74) is 0.982. The van der Waals surface area contributed by atoms with E-state index in [-0.39, 0.29) is 24.4 Å². The molecule has 7 nitrogen and oxygen atoms in total. The number of cyclic esters (lactones) is 1. The lowest BCUT2D eigenvalue weighted by Gasteiger charge is -2.40. The van der Waals surface area contributed by atoms with E-state index in [1.54, 1.807) is 16.7 Å². The fourth-order valence-electron chi connectivity index (χ4n) is 7.07. The van der Waals surface area contributed by atoms with Gasteiger partial charge in [-0.05, 0) is 44.6 Å². The summed E-state index contributed by atoms with van der Waals surface area (Å²) >= 11 is 1.56. The number of esters is 1. The van der Waals surface area contributed by atoms with E-state index < -0.39 is 33.4 Å². The van der Waals surface area contributed by atoms with Crippen LogP contribution in [-0.2, 0) is 25.5 Å². The van der Waals surface area contributed by atoms with E-state index in [2.05, 4.69) is 19.1 Å². The van der Waals surface area contributed by atoms with Crippen molar-refractivity contribution in [1.82, 2.24) is 9.80 Å². The monoisotopic (exact) mass is 566 g/mol. The summed E-state index contributed by atoms with van der Waals surface area (Å²) in [5.74, 6) is -2.19. The molecule has 2 saturated heterocycles. The summed E-state index contributed by atoms with van der Waals surface area (Å²) in [5, 5.41) is 10.7. The molecule has 216 valence electrons. The molecular formula is C32H42N2O5S. The summed E-state index contributed by atoms with van der Waals surface area (Å²) in [6.45, 7) is 5.30. The largest absolute Gasteiger partial charge is 0.465 e. The number of fused-ring (bicyclic) bond motifs is 2. The molecule has 0 aromatic heterocycles. The SMILES string of the molecule is CCCCCN1CC=C[C@]23S[C@]4(C)/C=C\CCCCOC(=O)[C@@H]4[C@H]2C(=O)N([C@@H](CO)Cc2ccccc2)C3C1=O. The van der Waals surface area contributed by atoms with Crippen LogP contribution >= 0.6 is 11.8 Å². The second kappa shape index (κ2) is 12.1. The lowest BCUT2D eigenvalue weighted by atomic mass is 9.74. The van der Waals surface area contributed by atoms with E-state index >= 15 is 0 Å². The van der Waals surface area contributed by atoms with Crippen molar-refractivity contribution in [3.63, 3.8) is 0 Å². The second-order valence-electron chi connectivity index (χ2n) is 11.7. The van der Waals surface area contributed by atoms with Crippen molar-refractivity contribution in [3.8, 4) is 0 Å². The van der Waals surface area contributed by atoms with Gasteiger partial charge in [-0.1, -0.05) is 74.4 Å². The Morgan fingerprint density at radius 1 is 1.05 bits per heavy atom. The molecule has 1 aromatic rings. The van der Waals surface area contributed by atoms with E-state index in [0.717, 1.165) is 44.1 Å². The van der Waals surface area contributed by atoms with Crippen LogP contribution in [-0.4, -0.2) is 80.6 Å². The van der Waals surface area contributed by atoms with Crippen LogP contribution in [0.15, 0.2) is 54.6 Å². The smallest absolute Gasteiger partial charge is 0.311 e. The van der Waals surface area contributed by atoms with Crippen LogP contribution in [0.25, 0.3) is 0 Å². The van der Waals surface area contributed by atoms with E-state index in [9.17, 15) is 19.5 Å². The number of amides is 2. The number of nitrogens with zero attached hydrogens (tertiary/aromatic N) is 2. The molecule has 5 rings (SSSR count). The Labute approximate surface area is 242 Å². The van der Waals surface area contributed by atoms with Crippen LogP contribution in [0.2, 0.25) is 0 Å². The highest BCUT2D eigenvalue weighted by atomic mass is 32.2. The number of unbranched alkanes of at least 4 members (excludes halogenated alkanes) is 2. The van der Waals surface area contributed by atoms with Gasteiger partial charge >= 0.3 is 5.97 Å². The van der Waals surface area contributed by atoms with Gasteiger partial charge < -0.3 is 19.6 Å². The van der Waals surface area contributed by atoms with Crippen molar-refractivity contribution in [2.24, 2.45) is 11.8 Å². The van der Waals surface area contributed by atoms with Crippen molar-refractivity contribution >= 4 is 29.5 Å². The molecule has 40 heavy (non-hydrogen) atoms. The minimum absolute atomic E-state index is 0.0966. The zero-order valence-electron chi connectivity index (χ0n) is 23.7. The maximum absolute atomic E-state index is 14.6. The Morgan fingerprint density at radius 2 is 1.85 bits per heavy atom. The Bertz CT molecular complexity index is 1160. The quantitative estimate of drug-likeness (QED) is 0.289. The third-order valence-corrected chi connectivity index (χ3v) is 10.8. The molecule has 1 spiro atoms. The molecule has 2 amide bonds.